The van der Waals surface area contributed by atoms with Crippen LogP contribution >= 0.6 is 0 Å². The highest BCUT2D eigenvalue weighted by Gasteiger charge is 2.21. The van der Waals surface area contributed by atoms with Crippen molar-refractivity contribution in [3.63, 3.8) is 0 Å². The molecule has 0 aliphatic rings. The van der Waals surface area contributed by atoms with Gasteiger partial charge in [0.05, 0.1) is 6.04 Å². The molecule has 0 amide bonds. The maximum atomic E-state index is 12.2. The number of nitrogens with zero attached hydrogens (tertiary/aromatic N) is 3. The van der Waals surface area contributed by atoms with E-state index in [2.05, 4.69) is 5.32 Å². The number of aromatic nitrogens is 2. The van der Waals surface area contributed by atoms with Crippen LogP contribution in [0.1, 0.15) is 31.0 Å². The first-order valence-corrected chi connectivity index (χ1v) is 7.40. The van der Waals surface area contributed by atoms with Gasteiger partial charge in [-0.1, -0.05) is 44.2 Å². The van der Waals surface area contributed by atoms with Crippen molar-refractivity contribution in [1.82, 2.24) is 9.13 Å². The van der Waals surface area contributed by atoms with Crippen molar-refractivity contribution >= 4 is 5.82 Å². The van der Waals surface area contributed by atoms with Gasteiger partial charge in [-0.15, -0.1) is 0 Å². The fraction of sp³-hybridized carbons (Fsp3) is 0.353. The molecule has 0 fully saturated rings. The second-order valence-electron chi connectivity index (χ2n) is 5.82. The summed E-state index contributed by atoms with van der Waals surface area (Å²) in [5.41, 5.74) is -0.0866. The minimum Gasteiger partial charge on any atom is -0.363 e. The van der Waals surface area contributed by atoms with Crippen LogP contribution < -0.4 is 16.6 Å². The Morgan fingerprint density at radius 1 is 1.09 bits per heavy atom. The van der Waals surface area contributed by atoms with E-state index in [9.17, 15) is 14.9 Å². The maximum Gasteiger partial charge on any atom is 0.332 e. The monoisotopic (exact) mass is 312 g/mol. The lowest BCUT2D eigenvalue weighted by atomic mass is 9.96. The molecule has 120 valence electrons. The summed E-state index contributed by atoms with van der Waals surface area (Å²) in [7, 11) is 2.92. The Labute approximate surface area is 134 Å². The van der Waals surface area contributed by atoms with Crippen molar-refractivity contribution in [3.8, 4) is 6.07 Å². The molecule has 0 radical (unpaired) electrons. The quantitative estimate of drug-likeness (QED) is 0.933. The van der Waals surface area contributed by atoms with Crippen LogP contribution in [0, 0.1) is 17.2 Å². The molecule has 1 N–H and O–H groups in total. The zero-order valence-electron chi connectivity index (χ0n) is 13.7. The van der Waals surface area contributed by atoms with Crippen LogP contribution in [0.3, 0.4) is 0 Å². The highest BCUT2D eigenvalue weighted by molar-refractivity contribution is 5.52. The summed E-state index contributed by atoms with van der Waals surface area (Å²) in [6.45, 7) is 4.08. The van der Waals surface area contributed by atoms with E-state index in [4.69, 9.17) is 0 Å². The van der Waals surface area contributed by atoms with E-state index in [0.717, 1.165) is 10.1 Å². The van der Waals surface area contributed by atoms with Crippen LogP contribution in [-0.2, 0) is 14.1 Å². The van der Waals surface area contributed by atoms with Crippen LogP contribution in [0.5, 0.6) is 0 Å². The lowest BCUT2D eigenvalue weighted by molar-refractivity contribution is 0.538. The topological polar surface area (TPSA) is 79.8 Å². The van der Waals surface area contributed by atoms with E-state index in [-0.39, 0.29) is 23.3 Å². The van der Waals surface area contributed by atoms with E-state index >= 15 is 0 Å². The Balaban J connectivity index is 2.61. The summed E-state index contributed by atoms with van der Waals surface area (Å²) in [5.74, 6) is 0.450. The maximum absolute atomic E-state index is 12.2. The molecule has 2 aromatic rings. The molecule has 1 atom stereocenters. The summed E-state index contributed by atoms with van der Waals surface area (Å²) >= 11 is 0. The third-order valence-electron chi connectivity index (χ3n) is 3.89. The average molecular weight is 312 g/mol. The predicted molar refractivity (Wildman–Crippen MR) is 89.3 cm³/mol. The summed E-state index contributed by atoms with van der Waals surface area (Å²) in [6.07, 6.45) is 0. The smallest absolute Gasteiger partial charge is 0.332 e. The first-order valence-electron chi connectivity index (χ1n) is 7.40. The molecule has 0 spiro atoms. The first kappa shape index (κ1) is 16.6. The van der Waals surface area contributed by atoms with Crippen molar-refractivity contribution in [2.24, 2.45) is 20.0 Å². The van der Waals surface area contributed by atoms with Crippen molar-refractivity contribution in [2.75, 3.05) is 5.32 Å². The molecule has 0 saturated carbocycles. The molecule has 6 heteroatoms. The molecule has 1 aromatic carbocycles. The SMILES string of the molecule is CC(C)C(Nc1c(C#N)c(=O)n(C)c(=O)n1C)c1ccccc1. The summed E-state index contributed by atoms with van der Waals surface area (Å²) in [4.78, 5) is 24.3. The molecule has 0 aliphatic heterocycles. The van der Waals surface area contributed by atoms with Gasteiger partial charge >= 0.3 is 5.69 Å². The van der Waals surface area contributed by atoms with E-state index in [0.29, 0.717) is 0 Å². The van der Waals surface area contributed by atoms with Crippen LogP contribution in [0.25, 0.3) is 0 Å². The number of hydrogen-bond donors (Lipinski definition) is 1. The molecule has 2 rings (SSSR count). The Hall–Kier alpha value is -2.81. The van der Waals surface area contributed by atoms with Gasteiger partial charge < -0.3 is 5.32 Å². The fourth-order valence-electron chi connectivity index (χ4n) is 2.56. The van der Waals surface area contributed by atoms with Gasteiger partial charge in [-0.25, -0.2) is 4.79 Å². The number of hydrogen-bond acceptors (Lipinski definition) is 4. The molecule has 1 unspecified atom stereocenters. The number of anilines is 1. The predicted octanol–water partition coefficient (Wildman–Crippen LogP) is 1.76. The molecule has 0 aliphatic carbocycles. The lowest BCUT2D eigenvalue weighted by Crippen LogP contribution is -2.40. The normalized spacial score (nSPS) is 12.0. The second kappa shape index (κ2) is 6.53. The van der Waals surface area contributed by atoms with Gasteiger partial charge in [0, 0.05) is 14.1 Å². The van der Waals surface area contributed by atoms with E-state index < -0.39 is 11.2 Å². The molecule has 1 heterocycles. The molecule has 23 heavy (non-hydrogen) atoms. The highest BCUT2D eigenvalue weighted by Crippen LogP contribution is 2.26. The largest absolute Gasteiger partial charge is 0.363 e. The number of nitrogens with one attached hydrogen (secondary N) is 1. The van der Waals surface area contributed by atoms with Gasteiger partial charge in [0.2, 0.25) is 0 Å². The van der Waals surface area contributed by atoms with Gasteiger partial charge in [-0.2, -0.15) is 5.26 Å². The van der Waals surface area contributed by atoms with Gasteiger partial charge in [-0.3, -0.25) is 13.9 Å². The molecule has 1 aromatic heterocycles. The molecule has 6 nitrogen and oxygen atoms in total. The summed E-state index contributed by atoms with van der Waals surface area (Å²) in [6, 6.07) is 11.5. The van der Waals surface area contributed by atoms with Crippen molar-refractivity contribution in [1.29, 1.82) is 5.26 Å². The van der Waals surface area contributed by atoms with E-state index in [1.807, 2.05) is 50.2 Å². The minimum absolute atomic E-state index is 0.0591. The Kier molecular flexibility index (Phi) is 4.70. The third-order valence-corrected chi connectivity index (χ3v) is 3.89. The summed E-state index contributed by atoms with van der Waals surface area (Å²) < 4.78 is 2.24. The minimum atomic E-state index is -0.589. The summed E-state index contributed by atoms with van der Waals surface area (Å²) in [5, 5.41) is 12.6. The Bertz CT molecular complexity index is 857. The Morgan fingerprint density at radius 2 is 1.70 bits per heavy atom. The second-order valence-corrected chi connectivity index (χ2v) is 5.82. The molecule has 0 bridgehead atoms. The third kappa shape index (κ3) is 3.04. The first-order chi connectivity index (χ1) is 10.9. The Morgan fingerprint density at radius 3 is 2.22 bits per heavy atom. The average Bonchev–Trinajstić information content (AvgIpc) is 2.55. The highest BCUT2D eigenvalue weighted by atomic mass is 16.2. The van der Waals surface area contributed by atoms with Gasteiger partial charge in [-0.05, 0) is 11.5 Å². The van der Waals surface area contributed by atoms with Crippen molar-refractivity contribution in [2.45, 2.75) is 19.9 Å². The molecular formula is C17H20N4O2. The van der Waals surface area contributed by atoms with Crippen LogP contribution in [0.15, 0.2) is 39.9 Å². The van der Waals surface area contributed by atoms with Gasteiger partial charge in [0.25, 0.3) is 5.56 Å². The van der Waals surface area contributed by atoms with Crippen LogP contribution in [-0.4, -0.2) is 9.13 Å². The zero-order chi connectivity index (χ0) is 17.1. The van der Waals surface area contributed by atoms with Crippen molar-refractivity contribution in [3.05, 3.63) is 62.3 Å². The van der Waals surface area contributed by atoms with Crippen LogP contribution in [0.4, 0.5) is 5.82 Å². The lowest BCUT2D eigenvalue weighted by Gasteiger charge is -2.25. The van der Waals surface area contributed by atoms with Crippen molar-refractivity contribution < 1.29 is 0 Å². The van der Waals surface area contributed by atoms with E-state index in [1.54, 1.807) is 7.05 Å². The van der Waals surface area contributed by atoms with Gasteiger partial charge in [0.1, 0.15) is 11.9 Å². The van der Waals surface area contributed by atoms with Gasteiger partial charge in [0.15, 0.2) is 5.56 Å². The molecular weight excluding hydrogens is 292 g/mol. The number of rotatable bonds is 4. The number of benzene rings is 1. The van der Waals surface area contributed by atoms with E-state index in [1.165, 1.54) is 11.6 Å². The van der Waals surface area contributed by atoms with Crippen LogP contribution in [0.2, 0.25) is 0 Å². The zero-order valence-corrected chi connectivity index (χ0v) is 13.7. The molecule has 0 saturated heterocycles. The standard InChI is InChI=1S/C17H20N4O2/c1-11(2)14(12-8-6-5-7-9-12)19-15-13(10-18)16(22)21(4)17(23)20(15)3/h5-9,11,14,19H,1-4H3. The number of nitriles is 1. The fourth-order valence-corrected chi connectivity index (χ4v) is 2.56.